The number of likely N-dealkylation sites (tertiary alicyclic amines) is 1. The van der Waals surface area contributed by atoms with E-state index in [-0.39, 0.29) is 12.1 Å². The van der Waals surface area contributed by atoms with Crippen LogP contribution in [0.5, 0.6) is 0 Å². The minimum absolute atomic E-state index is 0.140. The smallest absolute Gasteiger partial charge is 0.318 e. The van der Waals surface area contributed by atoms with Crippen LogP contribution in [-0.2, 0) is 0 Å². The lowest BCUT2D eigenvalue weighted by atomic mass is 10.0. The number of carbonyl (C=O) groups excluding carboxylic acids is 1. The molecule has 1 aromatic rings. The topological polar surface area (TPSA) is 32.3 Å². The molecule has 1 saturated heterocycles. The Morgan fingerprint density at radius 1 is 1.20 bits per heavy atom. The summed E-state index contributed by atoms with van der Waals surface area (Å²) in [6.07, 6.45) is 7.00. The van der Waals surface area contributed by atoms with Crippen molar-refractivity contribution in [3.8, 4) is 0 Å². The molecule has 1 N–H and O–H groups in total. The quantitative estimate of drug-likeness (QED) is 0.873. The molecule has 3 nitrogen and oxygen atoms in total. The van der Waals surface area contributed by atoms with E-state index in [0.29, 0.717) is 6.04 Å². The average Bonchev–Trinajstić information content (AvgIpc) is 3.09. The molecular formula is C17H24N2O. The van der Waals surface area contributed by atoms with Gasteiger partial charge in [0.2, 0.25) is 0 Å². The van der Waals surface area contributed by atoms with E-state index in [1.54, 1.807) is 0 Å². The van der Waals surface area contributed by atoms with Crippen LogP contribution in [0.15, 0.2) is 24.3 Å². The summed E-state index contributed by atoms with van der Waals surface area (Å²) in [6.45, 7) is 3.00. The molecule has 108 valence electrons. The molecule has 2 amide bonds. The molecule has 1 aromatic carbocycles. The fourth-order valence-electron chi connectivity index (χ4n) is 3.56. The molecule has 0 radical (unpaired) electrons. The fourth-order valence-corrected chi connectivity index (χ4v) is 3.56. The van der Waals surface area contributed by atoms with E-state index < -0.39 is 0 Å². The van der Waals surface area contributed by atoms with Crippen molar-refractivity contribution < 1.29 is 4.79 Å². The van der Waals surface area contributed by atoms with E-state index in [4.69, 9.17) is 0 Å². The second kappa shape index (κ2) is 5.86. The normalized spacial score (nSPS) is 23.2. The number of hydrogen-bond acceptors (Lipinski definition) is 1. The molecular weight excluding hydrogens is 248 g/mol. The number of benzene rings is 1. The Bertz CT molecular complexity index is 480. The van der Waals surface area contributed by atoms with Crippen molar-refractivity contribution >= 4 is 6.03 Å². The lowest BCUT2D eigenvalue weighted by Gasteiger charge is -2.27. The maximum atomic E-state index is 12.5. The van der Waals surface area contributed by atoms with Crippen molar-refractivity contribution in [1.82, 2.24) is 10.2 Å². The van der Waals surface area contributed by atoms with Gasteiger partial charge in [-0.2, -0.15) is 0 Å². The zero-order chi connectivity index (χ0) is 13.9. The van der Waals surface area contributed by atoms with E-state index in [9.17, 15) is 4.79 Å². The van der Waals surface area contributed by atoms with Crippen molar-refractivity contribution in [1.29, 1.82) is 0 Å². The highest BCUT2D eigenvalue weighted by Crippen LogP contribution is 2.32. The number of amides is 2. The van der Waals surface area contributed by atoms with Crippen LogP contribution in [0.3, 0.4) is 0 Å². The summed E-state index contributed by atoms with van der Waals surface area (Å²) >= 11 is 0. The second-order valence-electron chi connectivity index (χ2n) is 6.20. The zero-order valence-corrected chi connectivity index (χ0v) is 12.3. The average molecular weight is 272 g/mol. The third-order valence-electron chi connectivity index (χ3n) is 4.62. The number of nitrogens with zero attached hydrogens (tertiary/aromatic N) is 1. The van der Waals surface area contributed by atoms with Crippen LogP contribution >= 0.6 is 0 Å². The lowest BCUT2D eigenvalue weighted by molar-refractivity contribution is 0.189. The monoisotopic (exact) mass is 272 g/mol. The first-order chi connectivity index (χ1) is 9.74. The minimum atomic E-state index is 0.140. The van der Waals surface area contributed by atoms with Gasteiger partial charge in [-0.25, -0.2) is 4.79 Å². The van der Waals surface area contributed by atoms with Crippen LogP contribution < -0.4 is 5.32 Å². The molecule has 20 heavy (non-hydrogen) atoms. The van der Waals surface area contributed by atoms with Gasteiger partial charge in [-0.05, 0) is 38.2 Å². The van der Waals surface area contributed by atoms with E-state index >= 15 is 0 Å². The van der Waals surface area contributed by atoms with Gasteiger partial charge in [0.05, 0.1) is 6.04 Å². The molecule has 1 saturated carbocycles. The van der Waals surface area contributed by atoms with Crippen molar-refractivity contribution in [2.24, 2.45) is 0 Å². The second-order valence-corrected chi connectivity index (χ2v) is 6.20. The Hall–Kier alpha value is -1.51. The van der Waals surface area contributed by atoms with Gasteiger partial charge in [0, 0.05) is 12.6 Å². The highest BCUT2D eigenvalue weighted by molar-refractivity contribution is 5.75. The van der Waals surface area contributed by atoms with Crippen LogP contribution in [-0.4, -0.2) is 23.5 Å². The van der Waals surface area contributed by atoms with E-state index in [1.165, 1.54) is 24.0 Å². The molecule has 1 aliphatic heterocycles. The van der Waals surface area contributed by atoms with Gasteiger partial charge in [-0.3, -0.25) is 0 Å². The highest BCUT2D eigenvalue weighted by Gasteiger charge is 2.31. The molecule has 3 rings (SSSR count). The summed E-state index contributed by atoms with van der Waals surface area (Å²) in [5, 5.41) is 3.22. The van der Waals surface area contributed by atoms with Gasteiger partial charge in [-0.1, -0.05) is 42.7 Å². The molecule has 0 spiro atoms. The van der Waals surface area contributed by atoms with Gasteiger partial charge in [-0.15, -0.1) is 0 Å². The molecule has 1 aliphatic carbocycles. The highest BCUT2D eigenvalue weighted by atomic mass is 16.2. The molecule has 1 heterocycles. The number of carbonyl (C=O) groups is 1. The summed E-state index contributed by atoms with van der Waals surface area (Å²) in [6, 6.07) is 9.38. The van der Waals surface area contributed by atoms with Crippen molar-refractivity contribution in [3.63, 3.8) is 0 Å². The van der Waals surface area contributed by atoms with Gasteiger partial charge < -0.3 is 10.2 Å². The Balaban J connectivity index is 1.70. The number of rotatable bonds is 2. The first-order valence-electron chi connectivity index (χ1n) is 7.88. The van der Waals surface area contributed by atoms with Crippen molar-refractivity contribution in [2.45, 2.75) is 57.5 Å². The molecule has 0 aromatic heterocycles. The molecule has 0 bridgehead atoms. The SMILES string of the molecule is Cc1cccc([C@@H]2CCCN2C(=O)NC2CCCC2)c1. The number of nitrogens with one attached hydrogen (secondary N) is 1. The summed E-state index contributed by atoms with van der Waals surface area (Å²) in [7, 11) is 0. The van der Waals surface area contributed by atoms with Crippen LogP contribution in [0.25, 0.3) is 0 Å². The van der Waals surface area contributed by atoms with Crippen molar-refractivity contribution in [3.05, 3.63) is 35.4 Å². The van der Waals surface area contributed by atoms with Crippen LogP contribution in [0, 0.1) is 6.92 Å². The Morgan fingerprint density at radius 2 is 2.00 bits per heavy atom. The molecule has 2 fully saturated rings. The largest absolute Gasteiger partial charge is 0.335 e. The Kier molecular flexibility index (Phi) is 3.95. The Labute approximate surface area is 121 Å². The van der Waals surface area contributed by atoms with Crippen molar-refractivity contribution in [2.75, 3.05) is 6.54 Å². The van der Waals surface area contributed by atoms with Gasteiger partial charge in [0.1, 0.15) is 0 Å². The number of hydrogen-bond donors (Lipinski definition) is 1. The van der Waals surface area contributed by atoms with E-state index in [0.717, 1.165) is 32.2 Å². The van der Waals surface area contributed by atoms with Gasteiger partial charge in [0.15, 0.2) is 0 Å². The number of aryl methyl sites for hydroxylation is 1. The standard InChI is InChI=1S/C17H24N2O/c1-13-6-4-7-14(12-13)16-10-5-11-19(16)17(20)18-15-8-2-3-9-15/h4,6-7,12,15-16H,2-3,5,8-11H2,1H3,(H,18,20)/t16-/m0/s1. The van der Waals surface area contributed by atoms with Crippen LogP contribution in [0.2, 0.25) is 0 Å². The van der Waals surface area contributed by atoms with E-state index in [1.807, 2.05) is 4.90 Å². The predicted molar refractivity (Wildman–Crippen MR) is 80.6 cm³/mol. The molecule has 1 atom stereocenters. The minimum Gasteiger partial charge on any atom is -0.335 e. The van der Waals surface area contributed by atoms with Gasteiger partial charge >= 0.3 is 6.03 Å². The summed E-state index contributed by atoms with van der Waals surface area (Å²) in [5.41, 5.74) is 2.55. The lowest BCUT2D eigenvalue weighted by Crippen LogP contribution is -2.43. The summed E-state index contributed by atoms with van der Waals surface area (Å²) in [5.74, 6) is 0. The first-order valence-corrected chi connectivity index (χ1v) is 7.88. The summed E-state index contributed by atoms with van der Waals surface area (Å²) in [4.78, 5) is 14.5. The van der Waals surface area contributed by atoms with Gasteiger partial charge in [0.25, 0.3) is 0 Å². The molecule has 0 unspecified atom stereocenters. The van der Waals surface area contributed by atoms with Crippen LogP contribution in [0.1, 0.15) is 55.7 Å². The summed E-state index contributed by atoms with van der Waals surface area (Å²) < 4.78 is 0. The maximum absolute atomic E-state index is 12.5. The number of urea groups is 1. The van der Waals surface area contributed by atoms with Crippen LogP contribution in [0.4, 0.5) is 4.79 Å². The third-order valence-corrected chi connectivity index (χ3v) is 4.62. The first kappa shape index (κ1) is 13.5. The maximum Gasteiger partial charge on any atom is 0.318 e. The predicted octanol–water partition coefficient (Wildman–Crippen LogP) is 3.78. The molecule has 3 heteroatoms. The zero-order valence-electron chi connectivity index (χ0n) is 12.3. The van der Waals surface area contributed by atoms with E-state index in [2.05, 4.69) is 36.5 Å². The third kappa shape index (κ3) is 2.82. The molecule has 2 aliphatic rings. The fraction of sp³-hybridized carbons (Fsp3) is 0.588. The Morgan fingerprint density at radius 3 is 2.75 bits per heavy atom.